The first-order valence-electron chi connectivity index (χ1n) is 11.9. The topological polar surface area (TPSA) is 125 Å². The van der Waals surface area contributed by atoms with Crippen molar-refractivity contribution in [1.82, 2.24) is 9.97 Å². The molecule has 0 saturated heterocycles. The molecule has 0 spiro atoms. The molecular formula is C28H24N2O6. The standard InChI is InChI=1S/C28H24N2O6/c31-25(27(33)35-21-13-5-9-17-15-7-1-3-11-19(15)29-23(17)21)26(32)28(34)36-22-14-6-10-18-16-8-2-4-12-20(16)30-24(18)22/h1-4,7-8,11-14,25-26,29-32H,5-6,9-10H2. The average molecular weight is 485 g/mol. The maximum atomic E-state index is 12.7. The van der Waals surface area contributed by atoms with E-state index in [0.29, 0.717) is 24.2 Å². The third-order valence-electron chi connectivity index (χ3n) is 6.77. The summed E-state index contributed by atoms with van der Waals surface area (Å²) in [5, 5.41) is 22.9. The monoisotopic (exact) mass is 484 g/mol. The van der Waals surface area contributed by atoms with Crippen LogP contribution >= 0.6 is 0 Å². The van der Waals surface area contributed by atoms with Crippen molar-refractivity contribution in [1.29, 1.82) is 0 Å². The lowest BCUT2D eigenvalue weighted by molar-refractivity contribution is -0.165. The van der Waals surface area contributed by atoms with Crippen LogP contribution in [0, 0.1) is 0 Å². The summed E-state index contributed by atoms with van der Waals surface area (Å²) in [5.41, 5.74) is 5.16. The Morgan fingerprint density at radius 2 is 1.11 bits per heavy atom. The van der Waals surface area contributed by atoms with Crippen molar-refractivity contribution in [3.8, 4) is 0 Å². The van der Waals surface area contributed by atoms with E-state index in [2.05, 4.69) is 9.97 Å². The molecular weight excluding hydrogens is 460 g/mol. The molecule has 0 saturated carbocycles. The summed E-state index contributed by atoms with van der Waals surface area (Å²) in [6, 6.07) is 15.5. The number of hydrogen-bond acceptors (Lipinski definition) is 6. The second kappa shape index (κ2) is 8.82. The number of carbonyl (C=O) groups excluding carboxylic acids is 2. The molecule has 0 bridgehead atoms. The summed E-state index contributed by atoms with van der Waals surface area (Å²) in [6.07, 6.45) is 2.14. The van der Waals surface area contributed by atoms with E-state index in [0.717, 1.165) is 45.8 Å². The van der Waals surface area contributed by atoms with Crippen LogP contribution in [0.2, 0.25) is 0 Å². The number of fused-ring (bicyclic) bond motifs is 6. The normalized spacial score (nSPS) is 16.5. The van der Waals surface area contributed by atoms with Crippen molar-refractivity contribution in [2.75, 3.05) is 0 Å². The number of hydrogen-bond donors (Lipinski definition) is 4. The fourth-order valence-electron chi connectivity index (χ4n) is 5.02. The van der Waals surface area contributed by atoms with E-state index in [1.165, 1.54) is 0 Å². The van der Waals surface area contributed by atoms with Crippen LogP contribution in [0.3, 0.4) is 0 Å². The molecule has 2 aromatic heterocycles. The Labute approximate surface area is 205 Å². The maximum absolute atomic E-state index is 12.7. The second-order valence-corrected chi connectivity index (χ2v) is 8.99. The van der Waals surface area contributed by atoms with Crippen molar-refractivity contribution < 1.29 is 29.3 Å². The zero-order valence-corrected chi connectivity index (χ0v) is 19.3. The van der Waals surface area contributed by atoms with Crippen molar-refractivity contribution in [3.05, 3.63) is 83.2 Å². The summed E-state index contributed by atoms with van der Waals surface area (Å²) in [4.78, 5) is 31.8. The number of nitrogens with one attached hydrogen (secondary N) is 2. The Hall–Kier alpha value is -4.14. The van der Waals surface area contributed by atoms with Crippen LogP contribution in [0.15, 0.2) is 60.7 Å². The quantitative estimate of drug-likeness (QED) is 0.320. The second-order valence-electron chi connectivity index (χ2n) is 8.99. The summed E-state index contributed by atoms with van der Waals surface area (Å²) >= 11 is 0. The lowest BCUT2D eigenvalue weighted by Gasteiger charge is -2.20. The van der Waals surface area contributed by atoms with Gasteiger partial charge in [0.05, 0.1) is 11.4 Å². The molecule has 2 aromatic carbocycles. The summed E-state index contributed by atoms with van der Waals surface area (Å²) < 4.78 is 10.8. The number of rotatable bonds is 5. The van der Waals surface area contributed by atoms with Crippen LogP contribution < -0.4 is 0 Å². The van der Waals surface area contributed by atoms with E-state index in [1.807, 2.05) is 48.5 Å². The van der Waals surface area contributed by atoms with Crippen LogP contribution in [0.5, 0.6) is 0 Å². The minimum Gasteiger partial charge on any atom is -0.423 e. The van der Waals surface area contributed by atoms with Gasteiger partial charge in [0.25, 0.3) is 0 Å². The predicted molar refractivity (Wildman–Crippen MR) is 133 cm³/mol. The predicted octanol–water partition coefficient (Wildman–Crippen LogP) is 3.73. The number of aliphatic hydroxyl groups excluding tert-OH is 2. The van der Waals surface area contributed by atoms with E-state index < -0.39 is 24.1 Å². The van der Waals surface area contributed by atoms with Gasteiger partial charge < -0.3 is 29.7 Å². The van der Waals surface area contributed by atoms with Gasteiger partial charge in [0.2, 0.25) is 0 Å². The molecule has 36 heavy (non-hydrogen) atoms. The van der Waals surface area contributed by atoms with E-state index in [9.17, 15) is 19.8 Å². The number of carbonyl (C=O) groups is 2. The molecule has 0 fully saturated rings. The first kappa shape index (κ1) is 22.3. The highest BCUT2D eigenvalue weighted by molar-refractivity contribution is 5.94. The molecule has 182 valence electrons. The maximum Gasteiger partial charge on any atom is 0.343 e. The largest absolute Gasteiger partial charge is 0.423 e. The molecule has 6 rings (SSSR count). The molecule has 4 aromatic rings. The lowest BCUT2D eigenvalue weighted by atomic mass is 9.99. The number of aliphatic hydroxyl groups is 2. The van der Waals surface area contributed by atoms with Crippen molar-refractivity contribution in [2.45, 2.75) is 37.9 Å². The molecule has 0 radical (unpaired) electrons. The number of esters is 2. The van der Waals surface area contributed by atoms with Gasteiger partial charge >= 0.3 is 11.9 Å². The summed E-state index contributed by atoms with van der Waals surface area (Å²) in [7, 11) is 0. The average Bonchev–Trinajstić information content (AvgIpc) is 3.48. The van der Waals surface area contributed by atoms with E-state index in [-0.39, 0.29) is 11.5 Å². The minimum absolute atomic E-state index is 0.259. The van der Waals surface area contributed by atoms with Crippen LogP contribution in [-0.2, 0) is 31.9 Å². The third kappa shape index (κ3) is 3.71. The molecule has 0 amide bonds. The molecule has 2 aliphatic rings. The summed E-state index contributed by atoms with van der Waals surface area (Å²) in [5.74, 6) is -1.76. The number of aromatic amines is 2. The van der Waals surface area contributed by atoms with Crippen LogP contribution in [0.25, 0.3) is 33.3 Å². The Morgan fingerprint density at radius 1 is 0.694 bits per heavy atom. The highest BCUT2D eigenvalue weighted by atomic mass is 16.6. The SMILES string of the molecule is O=C(OC1=CCCc2c1[nH]c1ccccc21)C(O)C(O)C(=O)OC1=CCCc2c1[nH]c1ccccc21. The van der Waals surface area contributed by atoms with Gasteiger partial charge in [-0.3, -0.25) is 0 Å². The van der Waals surface area contributed by atoms with E-state index in [4.69, 9.17) is 9.47 Å². The first-order chi connectivity index (χ1) is 17.5. The van der Waals surface area contributed by atoms with Gasteiger partial charge in [-0.05, 0) is 61.1 Å². The smallest absolute Gasteiger partial charge is 0.343 e. The first-order valence-corrected chi connectivity index (χ1v) is 11.9. The highest BCUT2D eigenvalue weighted by Gasteiger charge is 2.36. The molecule has 4 N–H and O–H groups in total. The van der Waals surface area contributed by atoms with Gasteiger partial charge in [-0.2, -0.15) is 0 Å². The number of H-pyrrole nitrogens is 2. The van der Waals surface area contributed by atoms with Gasteiger partial charge in [0, 0.05) is 21.8 Å². The third-order valence-corrected chi connectivity index (χ3v) is 6.77. The van der Waals surface area contributed by atoms with Gasteiger partial charge in [-0.15, -0.1) is 0 Å². The minimum atomic E-state index is -2.11. The molecule has 2 unspecified atom stereocenters. The highest BCUT2D eigenvalue weighted by Crippen LogP contribution is 2.34. The van der Waals surface area contributed by atoms with E-state index in [1.54, 1.807) is 12.2 Å². The Balaban J connectivity index is 1.16. The molecule has 2 atom stereocenters. The number of aryl methyl sites for hydroxylation is 2. The Bertz CT molecular complexity index is 1460. The van der Waals surface area contributed by atoms with Gasteiger partial charge in [0.15, 0.2) is 23.7 Å². The fourth-order valence-corrected chi connectivity index (χ4v) is 5.02. The number of ether oxygens (including phenoxy) is 2. The van der Waals surface area contributed by atoms with Crippen LogP contribution in [0.1, 0.15) is 35.4 Å². The van der Waals surface area contributed by atoms with Crippen LogP contribution in [-0.4, -0.2) is 44.3 Å². The number of benzene rings is 2. The Kier molecular flexibility index (Phi) is 5.47. The lowest BCUT2D eigenvalue weighted by Crippen LogP contribution is -2.41. The summed E-state index contributed by atoms with van der Waals surface area (Å²) in [6.45, 7) is 0. The molecule has 2 aliphatic carbocycles. The van der Waals surface area contributed by atoms with Gasteiger partial charge in [-0.25, -0.2) is 9.59 Å². The molecule has 0 aliphatic heterocycles. The van der Waals surface area contributed by atoms with Crippen molar-refractivity contribution >= 4 is 45.3 Å². The number of aromatic nitrogens is 2. The van der Waals surface area contributed by atoms with E-state index >= 15 is 0 Å². The van der Waals surface area contributed by atoms with Gasteiger partial charge in [0.1, 0.15) is 0 Å². The zero-order valence-electron chi connectivity index (χ0n) is 19.3. The molecule has 2 heterocycles. The number of para-hydroxylation sites is 2. The fraction of sp³-hybridized carbons (Fsp3) is 0.214. The van der Waals surface area contributed by atoms with Gasteiger partial charge in [-0.1, -0.05) is 36.4 Å². The molecule has 8 nitrogen and oxygen atoms in total. The van der Waals surface area contributed by atoms with Crippen molar-refractivity contribution in [3.63, 3.8) is 0 Å². The van der Waals surface area contributed by atoms with Crippen molar-refractivity contribution in [2.24, 2.45) is 0 Å². The Morgan fingerprint density at radius 3 is 1.56 bits per heavy atom. The molecule has 8 heteroatoms. The number of allylic oxidation sites excluding steroid dienone is 2. The zero-order chi connectivity index (χ0) is 24.8. The van der Waals surface area contributed by atoms with Crippen LogP contribution in [0.4, 0.5) is 0 Å².